The SMILES string of the molecule is C=C(OCC)c1cnc2nc(-c3ccc(OCc4ccccc4)cc3OCc3ccccc3)[nH]c2c1. The highest BCUT2D eigenvalue weighted by atomic mass is 16.5. The highest BCUT2D eigenvalue weighted by molar-refractivity contribution is 5.80. The topological polar surface area (TPSA) is 69.3 Å². The van der Waals surface area contributed by atoms with E-state index in [2.05, 4.69) is 16.5 Å². The van der Waals surface area contributed by atoms with Crippen LogP contribution in [0.5, 0.6) is 11.5 Å². The quantitative estimate of drug-likeness (QED) is 0.224. The Kier molecular flexibility index (Phi) is 6.94. The number of benzene rings is 3. The molecule has 0 fully saturated rings. The largest absolute Gasteiger partial charge is 0.494 e. The molecule has 0 saturated carbocycles. The van der Waals surface area contributed by atoms with Crippen LogP contribution >= 0.6 is 0 Å². The van der Waals surface area contributed by atoms with Crippen LogP contribution in [0.3, 0.4) is 0 Å². The summed E-state index contributed by atoms with van der Waals surface area (Å²) in [4.78, 5) is 12.6. The molecule has 2 aromatic heterocycles. The second-order valence-corrected chi connectivity index (χ2v) is 8.24. The van der Waals surface area contributed by atoms with Crippen molar-refractivity contribution in [3.8, 4) is 22.9 Å². The fourth-order valence-electron chi connectivity index (χ4n) is 3.82. The molecular formula is C30H27N3O3. The molecule has 0 unspecified atom stereocenters. The van der Waals surface area contributed by atoms with Gasteiger partial charge in [0.2, 0.25) is 0 Å². The molecule has 0 aliphatic heterocycles. The number of H-pyrrole nitrogens is 1. The van der Waals surface area contributed by atoms with Gasteiger partial charge in [0.1, 0.15) is 36.3 Å². The van der Waals surface area contributed by atoms with Crippen molar-refractivity contribution in [3.05, 3.63) is 114 Å². The van der Waals surface area contributed by atoms with Gasteiger partial charge in [-0.1, -0.05) is 67.2 Å². The van der Waals surface area contributed by atoms with Gasteiger partial charge in [0.05, 0.1) is 17.7 Å². The lowest BCUT2D eigenvalue weighted by Crippen LogP contribution is -2.00. The molecule has 0 spiro atoms. The first-order valence-electron chi connectivity index (χ1n) is 11.9. The molecule has 6 nitrogen and oxygen atoms in total. The van der Waals surface area contributed by atoms with Crippen molar-refractivity contribution in [1.29, 1.82) is 0 Å². The van der Waals surface area contributed by atoms with Crippen LogP contribution < -0.4 is 9.47 Å². The number of aromatic amines is 1. The monoisotopic (exact) mass is 477 g/mol. The van der Waals surface area contributed by atoms with Gasteiger partial charge in [0, 0.05) is 17.8 Å². The minimum Gasteiger partial charge on any atom is -0.494 e. The molecule has 0 aliphatic rings. The van der Waals surface area contributed by atoms with E-state index in [1.807, 2.05) is 91.9 Å². The van der Waals surface area contributed by atoms with Crippen molar-refractivity contribution in [1.82, 2.24) is 15.0 Å². The van der Waals surface area contributed by atoms with Crippen molar-refractivity contribution in [2.45, 2.75) is 20.1 Å². The average Bonchev–Trinajstić information content (AvgIpc) is 3.35. The number of pyridine rings is 1. The zero-order valence-corrected chi connectivity index (χ0v) is 20.1. The lowest BCUT2D eigenvalue weighted by Gasteiger charge is -2.13. The maximum absolute atomic E-state index is 6.27. The number of nitrogens with zero attached hydrogens (tertiary/aromatic N) is 2. The third-order valence-electron chi connectivity index (χ3n) is 5.67. The standard InChI is InChI=1S/C30H27N3O3/c1-3-34-21(2)24-16-27-30(31-18-24)33-29(32-27)26-15-14-25(35-19-22-10-6-4-7-11-22)17-28(26)36-20-23-12-8-5-9-13-23/h4-18H,2-3,19-20H2,1H3,(H,31,32,33). The van der Waals surface area contributed by atoms with Crippen LogP contribution in [-0.4, -0.2) is 21.6 Å². The van der Waals surface area contributed by atoms with Gasteiger partial charge >= 0.3 is 0 Å². The minimum absolute atomic E-state index is 0.423. The Morgan fingerprint density at radius 2 is 1.56 bits per heavy atom. The normalized spacial score (nSPS) is 10.8. The fraction of sp³-hybridized carbons (Fsp3) is 0.133. The van der Waals surface area contributed by atoms with Gasteiger partial charge in [0.25, 0.3) is 0 Å². The molecule has 36 heavy (non-hydrogen) atoms. The molecule has 6 heteroatoms. The van der Waals surface area contributed by atoms with Gasteiger partial charge < -0.3 is 19.2 Å². The molecule has 0 amide bonds. The molecule has 0 saturated heterocycles. The first-order valence-corrected chi connectivity index (χ1v) is 11.9. The summed E-state index contributed by atoms with van der Waals surface area (Å²) in [6.45, 7) is 7.34. The zero-order valence-electron chi connectivity index (χ0n) is 20.1. The van der Waals surface area contributed by atoms with E-state index in [1.54, 1.807) is 6.20 Å². The molecule has 0 bridgehead atoms. The zero-order chi connectivity index (χ0) is 24.7. The summed E-state index contributed by atoms with van der Waals surface area (Å²) in [6.07, 6.45) is 1.72. The molecular weight excluding hydrogens is 450 g/mol. The molecule has 2 heterocycles. The van der Waals surface area contributed by atoms with Crippen molar-refractivity contribution < 1.29 is 14.2 Å². The number of imidazole rings is 1. The third-order valence-corrected chi connectivity index (χ3v) is 5.67. The van der Waals surface area contributed by atoms with E-state index in [9.17, 15) is 0 Å². The maximum Gasteiger partial charge on any atom is 0.178 e. The Hall–Kier alpha value is -4.58. The van der Waals surface area contributed by atoms with Crippen LogP contribution in [0.1, 0.15) is 23.6 Å². The second kappa shape index (κ2) is 10.8. The molecule has 3 aromatic carbocycles. The first-order chi connectivity index (χ1) is 17.7. The number of fused-ring (bicyclic) bond motifs is 1. The lowest BCUT2D eigenvalue weighted by atomic mass is 10.1. The Morgan fingerprint density at radius 3 is 2.25 bits per heavy atom. The molecule has 0 radical (unpaired) electrons. The minimum atomic E-state index is 0.423. The first kappa shape index (κ1) is 23.2. The summed E-state index contributed by atoms with van der Waals surface area (Å²) < 4.78 is 17.8. The molecule has 0 atom stereocenters. The molecule has 0 aliphatic carbocycles. The number of ether oxygens (including phenoxy) is 3. The molecule has 1 N–H and O–H groups in total. The van der Waals surface area contributed by atoms with E-state index in [4.69, 9.17) is 19.2 Å². The van der Waals surface area contributed by atoms with Crippen LogP contribution in [0, 0.1) is 0 Å². The van der Waals surface area contributed by atoms with Crippen LogP contribution in [0.15, 0.2) is 97.7 Å². The van der Waals surface area contributed by atoms with Crippen molar-refractivity contribution >= 4 is 16.9 Å². The maximum atomic E-state index is 6.27. The van der Waals surface area contributed by atoms with E-state index in [-0.39, 0.29) is 0 Å². The van der Waals surface area contributed by atoms with Gasteiger partial charge in [-0.2, -0.15) is 0 Å². The summed E-state index contributed by atoms with van der Waals surface area (Å²) in [5.41, 5.74) is 5.20. The number of aromatic nitrogens is 3. The van der Waals surface area contributed by atoms with Gasteiger partial charge in [-0.3, -0.25) is 0 Å². The molecule has 5 rings (SSSR count). The summed E-state index contributed by atoms with van der Waals surface area (Å²) >= 11 is 0. The Morgan fingerprint density at radius 1 is 0.861 bits per heavy atom. The highest BCUT2D eigenvalue weighted by Crippen LogP contribution is 2.34. The van der Waals surface area contributed by atoms with E-state index in [0.717, 1.165) is 33.5 Å². The van der Waals surface area contributed by atoms with Gasteiger partial charge in [0.15, 0.2) is 5.65 Å². The number of nitrogens with one attached hydrogen (secondary N) is 1. The van der Waals surface area contributed by atoms with Crippen molar-refractivity contribution in [3.63, 3.8) is 0 Å². The third kappa shape index (κ3) is 5.39. The van der Waals surface area contributed by atoms with Gasteiger partial charge in [-0.05, 0) is 36.2 Å². The molecule has 180 valence electrons. The average molecular weight is 478 g/mol. The van der Waals surface area contributed by atoms with Crippen LogP contribution in [-0.2, 0) is 18.0 Å². The Balaban J connectivity index is 1.45. The number of rotatable bonds is 10. The van der Waals surface area contributed by atoms with E-state index in [0.29, 0.717) is 42.8 Å². The number of hydrogen-bond donors (Lipinski definition) is 1. The van der Waals surface area contributed by atoms with Crippen molar-refractivity contribution in [2.24, 2.45) is 0 Å². The van der Waals surface area contributed by atoms with Crippen LogP contribution in [0.4, 0.5) is 0 Å². The number of hydrogen-bond acceptors (Lipinski definition) is 5. The van der Waals surface area contributed by atoms with E-state index in [1.165, 1.54) is 0 Å². The van der Waals surface area contributed by atoms with E-state index >= 15 is 0 Å². The predicted molar refractivity (Wildman–Crippen MR) is 142 cm³/mol. The highest BCUT2D eigenvalue weighted by Gasteiger charge is 2.15. The second-order valence-electron chi connectivity index (χ2n) is 8.24. The Labute approximate surface area is 210 Å². The summed E-state index contributed by atoms with van der Waals surface area (Å²) in [5, 5.41) is 0. The molecule has 5 aromatic rings. The van der Waals surface area contributed by atoms with E-state index < -0.39 is 0 Å². The summed E-state index contributed by atoms with van der Waals surface area (Å²) in [6, 6.07) is 27.9. The van der Waals surface area contributed by atoms with Gasteiger partial charge in [-0.25, -0.2) is 9.97 Å². The van der Waals surface area contributed by atoms with Gasteiger partial charge in [-0.15, -0.1) is 0 Å². The fourth-order valence-corrected chi connectivity index (χ4v) is 3.82. The summed E-state index contributed by atoms with van der Waals surface area (Å²) in [5.74, 6) is 2.63. The van der Waals surface area contributed by atoms with Crippen LogP contribution in [0.25, 0.3) is 28.3 Å². The predicted octanol–water partition coefficient (Wildman–Crippen LogP) is 6.79. The lowest BCUT2D eigenvalue weighted by molar-refractivity contribution is 0.290. The summed E-state index contributed by atoms with van der Waals surface area (Å²) in [7, 11) is 0. The van der Waals surface area contributed by atoms with Crippen LogP contribution in [0.2, 0.25) is 0 Å². The smallest absolute Gasteiger partial charge is 0.178 e. The Bertz CT molecular complexity index is 1460. The van der Waals surface area contributed by atoms with Crippen molar-refractivity contribution in [2.75, 3.05) is 6.61 Å².